The fourth-order valence-corrected chi connectivity index (χ4v) is 7.76. The van der Waals surface area contributed by atoms with Crippen LogP contribution in [-0.4, -0.2) is 32.5 Å². The van der Waals surface area contributed by atoms with Crippen LogP contribution < -0.4 is 15.1 Å². The van der Waals surface area contributed by atoms with Crippen molar-refractivity contribution in [3.8, 4) is 0 Å². The van der Waals surface area contributed by atoms with E-state index in [9.17, 15) is 19.2 Å². The SMILES string of the molecule is Cc1ccc(NC(=O)Cn2c3c(sc2=O)[C@H](c2cccnc2)C2C(=O)N(c4ccccc4)C(=O)C2S3)cc1. The molecule has 4 heterocycles. The van der Waals surface area contributed by atoms with Gasteiger partial charge in [0.25, 0.3) is 0 Å². The Morgan fingerprint density at radius 3 is 2.45 bits per heavy atom. The molecular formula is C28H22N4O4S2. The van der Waals surface area contributed by atoms with Crippen LogP contribution in [-0.2, 0) is 20.9 Å². The molecule has 0 bridgehead atoms. The second-order valence-electron chi connectivity index (χ2n) is 9.21. The van der Waals surface area contributed by atoms with Gasteiger partial charge in [0.05, 0.1) is 16.6 Å². The summed E-state index contributed by atoms with van der Waals surface area (Å²) in [5.41, 5.74) is 2.96. The van der Waals surface area contributed by atoms with Gasteiger partial charge in [-0.15, -0.1) is 0 Å². The van der Waals surface area contributed by atoms with Gasteiger partial charge in [0.1, 0.15) is 11.8 Å². The van der Waals surface area contributed by atoms with Crippen molar-refractivity contribution in [2.45, 2.75) is 29.7 Å². The van der Waals surface area contributed by atoms with Crippen molar-refractivity contribution in [3.63, 3.8) is 0 Å². The number of carbonyl (C=O) groups excluding carboxylic acids is 3. The van der Waals surface area contributed by atoms with Gasteiger partial charge in [0, 0.05) is 28.9 Å². The van der Waals surface area contributed by atoms with E-state index in [0.29, 0.717) is 21.3 Å². The molecule has 2 aromatic heterocycles. The van der Waals surface area contributed by atoms with Crippen LogP contribution in [0.4, 0.5) is 11.4 Å². The summed E-state index contributed by atoms with van der Waals surface area (Å²) in [4.78, 5) is 59.4. The Morgan fingerprint density at radius 2 is 1.74 bits per heavy atom. The van der Waals surface area contributed by atoms with Crippen molar-refractivity contribution in [2.75, 3.05) is 10.2 Å². The number of para-hydroxylation sites is 1. The summed E-state index contributed by atoms with van der Waals surface area (Å²) in [6, 6.07) is 19.9. The summed E-state index contributed by atoms with van der Waals surface area (Å²) >= 11 is 2.21. The number of carbonyl (C=O) groups is 3. The third-order valence-corrected chi connectivity index (χ3v) is 9.35. The first-order chi connectivity index (χ1) is 18.4. The van der Waals surface area contributed by atoms with Crippen LogP contribution in [0.3, 0.4) is 0 Å². The molecule has 4 aromatic rings. The Hall–Kier alpha value is -4.02. The maximum atomic E-state index is 13.8. The number of anilines is 2. The normalized spacial score (nSPS) is 20.2. The highest BCUT2D eigenvalue weighted by atomic mass is 32.2. The summed E-state index contributed by atoms with van der Waals surface area (Å²) in [6.45, 7) is 1.76. The maximum absolute atomic E-state index is 13.8. The Balaban J connectivity index is 1.40. The number of thioether (sulfide) groups is 1. The zero-order valence-electron chi connectivity index (χ0n) is 20.2. The molecule has 2 unspecified atom stereocenters. The number of benzene rings is 2. The molecule has 0 aliphatic carbocycles. The predicted octanol–water partition coefficient (Wildman–Crippen LogP) is 4.05. The number of hydrogen-bond donors (Lipinski definition) is 1. The fraction of sp³-hybridized carbons (Fsp3) is 0.179. The molecule has 1 N–H and O–H groups in total. The number of imide groups is 1. The van der Waals surface area contributed by atoms with Gasteiger partial charge in [0.2, 0.25) is 17.7 Å². The number of aromatic nitrogens is 2. The standard InChI is InChI=1S/C28H22N4O4S2/c1-16-9-11-18(12-10-16)30-20(33)15-31-27-24(38-28(31)36)21(17-6-5-13-29-14-17)22-23(37-27)26(35)32(25(22)34)19-7-3-2-4-8-19/h2-14,21-23H,15H2,1H3,(H,30,33)/t21-,22?,23?/m1/s1. The lowest BCUT2D eigenvalue weighted by molar-refractivity contribution is -0.122. The predicted molar refractivity (Wildman–Crippen MR) is 147 cm³/mol. The van der Waals surface area contributed by atoms with Crippen LogP contribution in [0.25, 0.3) is 0 Å². The van der Waals surface area contributed by atoms with Crippen LogP contribution in [0.2, 0.25) is 0 Å². The quantitative estimate of drug-likeness (QED) is 0.382. The number of amides is 3. The van der Waals surface area contributed by atoms with Gasteiger partial charge in [-0.3, -0.25) is 28.7 Å². The second-order valence-corrected chi connectivity index (χ2v) is 11.3. The van der Waals surface area contributed by atoms with Crippen molar-refractivity contribution < 1.29 is 14.4 Å². The van der Waals surface area contributed by atoms with E-state index in [0.717, 1.165) is 22.5 Å². The van der Waals surface area contributed by atoms with Gasteiger partial charge in [-0.1, -0.05) is 65.1 Å². The Bertz CT molecular complexity index is 1600. The molecule has 3 atom stereocenters. The van der Waals surface area contributed by atoms with Gasteiger partial charge in [0.15, 0.2) is 0 Å². The van der Waals surface area contributed by atoms with Gasteiger partial charge >= 0.3 is 4.87 Å². The van der Waals surface area contributed by atoms with Gasteiger partial charge in [-0.25, -0.2) is 4.90 Å². The molecule has 1 saturated heterocycles. The minimum absolute atomic E-state index is 0.201. The monoisotopic (exact) mass is 542 g/mol. The highest BCUT2D eigenvalue weighted by Crippen LogP contribution is 2.53. The molecule has 8 nitrogen and oxygen atoms in total. The molecule has 190 valence electrons. The molecule has 3 amide bonds. The van der Waals surface area contributed by atoms with Crippen molar-refractivity contribution in [1.82, 2.24) is 9.55 Å². The highest BCUT2D eigenvalue weighted by molar-refractivity contribution is 8.00. The topological polar surface area (TPSA) is 101 Å². The average Bonchev–Trinajstić information content (AvgIpc) is 3.37. The molecule has 0 spiro atoms. The molecule has 2 aliphatic rings. The van der Waals surface area contributed by atoms with Gasteiger partial charge in [-0.2, -0.15) is 0 Å². The van der Waals surface area contributed by atoms with E-state index < -0.39 is 17.1 Å². The minimum atomic E-state index is -0.735. The number of nitrogens with one attached hydrogen (secondary N) is 1. The van der Waals surface area contributed by atoms with Crippen molar-refractivity contribution in [3.05, 3.63) is 105 Å². The second kappa shape index (κ2) is 9.70. The van der Waals surface area contributed by atoms with Crippen molar-refractivity contribution >= 4 is 52.2 Å². The number of aryl methyl sites for hydroxylation is 1. The van der Waals surface area contributed by atoms with Crippen LogP contribution in [0.1, 0.15) is 21.9 Å². The van der Waals surface area contributed by atoms with E-state index in [-0.39, 0.29) is 29.1 Å². The molecule has 10 heteroatoms. The number of nitrogens with zero attached hydrogens (tertiary/aromatic N) is 3. The summed E-state index contributed by atoms with van der Waals surface area (Å²) in [5, 5.41) is 2.64. The van der Waals surface area contributed by atoms with Crippen molar-refractivity contribution in [1.29, 1.82) is 0 Å². The molecule has 0 saturated carbocycles. The maximum Gasteiger partial charge on any atom is 0.308 e. The summed E-state index contributed by atoms with van der Waals surface area (Å²) in [5.74, 6) is -2.21. The minimum Gasteiger partial charge on any atom is -0.325 e. The third kappa shape index (κ3) is 4.15. The Kier molecular flexibility index (Phi) is 6.21. The number of pyridine rings is 1. The average molecular weight is 543 g/mol. The molecule has 2 aliphatic heterocycles. The van der Waals surface area contributed by atoms with E-state index in [1.54, 1.807) is 54.9 Å². The number of thiazole rings is 1. The number of fused-ring (bicyclic) bond motifs is 2. The first kappa shape index (κ1) is 24.3. The smallest absolute Gasteiger partial charge is 0.308 e. The van der Waals surface area contributed by atoms with E-state index in [1.165, 1.54) is 21.2 Å². The Morgan fingerprint density at radius 1 is 0.974 bits per heavy atom. The first-order valence-corrected chi connectivity index (χ1v) is 13.7. The summed E-state index contributed by atoms with van der Waals surface area (Å²) in [7, 11) is 0. The van der Waals surface area contributed by atoms with E-state index in [1.807, 2.05) is 31.2 Å². The zero-order valence-corrected chi connectivity index (χ0v) is 21.9. The summed E-state index contributed by atoms with van der Waals surface area (Å²) < 4.78 is 1.41. The van der Waals surface area contributed by atoms with Gasteiger partial charge in [-0.05, 0) is 42.8 Å². The highest BCUT2D eigenvalue weighted by Gasteiger charge is 2.56. The van der Waals surface area contributed by atoms with E-state index >= 15 is 0 Å². The lowest BCUT2D eigenvalue weighted by atomic mass is 9.84. The lowest BCUT2D eigenvalue weighted by Gasteiger charge is -2.30. The molecule has 0 radical (unpaired) electrons. The van der Waals surface area contributed by atoms with Crippen molar-refractivity contribution in [2.24, 2.45) is 5.92 Å². The molecule has 38 heavy (non-hydrogen) atoms. The molecule has 2 aromatic carbocycles. The van der Waals surface area contributed by atoms with E-state index in [4.69, 9.17) is 0 Å². The number of hydrogen-bond acceptors (Lipinski definition) is 7. The number of rotatable bonds is 5. The third-order valence-electron chi connectivity index (χ3n) is 6.74. The fourth-order valence-electron chi connectivity index (χ4n) is 4.99. The van der Waals surface area contributed by atoms with Crippen LogP contribution in [0.15, 0.2) is 88.9 Å². The van der Waals surface area contributed by atoms with Gasteiger partial charge < -0.3 is 5.32 Å². The molecule has 6 rings (SSSR count). The van der Waals surface area contributed by atoms with Crippen LogP contribution >= 0.6 is 23.1 Å². The lowest BCUT2D eigenvalue weighted by Crippen LogP contribution is -2.33. The molecular weight excluding hydrogens is 520 g/mol. The van der Waals surface area contributed by atoms with E-state index in [2.05, 4.69) is 10.3 Å². The Labute approximate surface area is 226 Å². The van der Waals surface area contributed by atoms with Crippen LogP contribution in [0, 0.1) is 12.8 Å². The zero-order chi connectivity index (χ0) is 26.4. The summed E-state index contributed by atoms with van der Waals surface area (Å²) in [6.07, 6.45) is 3.31. The first-order valence-electron chi connectivity index (χ1n) is 12.0. The largest absolute Gasteiger partial charge is 0.325 e. The van der Waals surface area contributed by atoms with Crippen LogP contribution in [0.5, 0.6) is 0 Å². The molecule has 1 fully saturated rings.